The molecule has 3 aromatic rings. The van der Waals surface area contributed by atoms with Gasteiger partial charge in [-0.3, -0.25) is 0 Å². The second-order valence-electron chi connectivity index (χ2n) is 4.81. The summed E-state index contributed by atoms with van der Waals surface area (Å²) < 4.78 is 15.7. The number of nitrogens with one attached hydrogen (secondary N) is 1. The third-order valence-electron chi connectivity index (χ3n) is 3.31. The molecule has 0 saturated heterocycles. The summed E-state index contributed by atoms with van der Waals surface area (Å²) in [6, 6.07) is 14.6. The first-order chi connectivity index (χ1) is 11.7. The van der Waals surface area contributed by atoms with Crippen molar-refractivity contribution in [1.29, 1.82) is 5.26 Å². The van der Waals surface area contributed by atoms with Crippen LogP contribution in [0.4, 0.5) is 11.7 Å². The maximum Gasteiger partial charge on any atom is 0.326 e. The summed E-state index contributed by atoms with van der Waals surface area (Å²) in [5, 5.41) is 15.8. The molecule has 0 unspecified atom stereocenters. The van der Waals surface area contributed by atoms with Gasteiger partial charge < -0.3 is 19.3 Å². The lowest BCUT2D eigenvalue weighted by atomic mass is 10.2. The standard InChI is InChI=1S/C17H14N4O3/c1-22-14-7-6-12(9-15(14)23-2)16-20-17(24-21-16)19-13-5-3-4-11(8-13)10-18/h3-9H,1-2H3,(H,19,20,21). The van der Waals surface area contributed by atoms with Gasteiger partial charge in [0.05, 0.1) is 25.9 Å². The van der Waals surface area contributed by atoms with Crippen molar-refractivity contribution in [2.24, 2.45) is 0 Å². The molecule has 7 nitrogen and oxygen atoms in total. The molecule has 120 valence electrons. The minimum atomic E-state index is 0.231. The maximum absolute atomic E-state index is 8.92. The number of rotatable bonds is 5. The molecular weight excluding hydrogens is 308 g/mol. The van der Waals surface area contributed by atoms with Crippen molar-refractivity contribution in [3.8, 4) is 29.0 Å². The van der Waals surface area contributed by atoms with Crippen molar-refractivity contribution >= 4 is 11.7 Å². The normalized spacial score (nSPS) is 10.0. The Labute approximate surface area is 138 Å². The highest BCUT2D eigenvalue weighted by molar-refractivity contribution is 5.63. The van der Waals surface area contributed by atoms with Crippen molar-refractivity contribution in [3.05, 3.63) is 48.0 Å². The molecule has 0 bridgehead atoms. The van der Waals surface area contributed by atoms with Gasteiger partial charge >= 0.3 is 6.01 Å². The molecule has 0 aliphatic rings. The fourth-order valence-electron chi connectivity index (χ4n) is 2.16. The van der Waals surface area contributed by atoms with E-state index >= 15 is 0 Å². The van der Waals surface area contributed by atoms with Crippen molar-refractivity contribution in [1.82, 2.24) is 10.1 Å². The molecule has 7 heteroatoms. The van der Waals surface area contributed by atoms with E-state index in [4.69, 9.17) is 19.3 Å². The minimum absolute atomic E-state index is 0.231. The third-order valence-corrected chi connectivity index (χ3v) is 3.31. The molecular formula is C17H14N4O3. The van der Waals surface area contributed by atoms with Gasteiger partial charge in [-0.25, -0.2) is 0 Å². The summed E-state index contributed by atoms with van der Waals surface area (Å²) in [5.41, 5.74) is 1.96. The summed E-state index contributed by atoms with van der Waals surface area (Å²) in [6.07, 6.45) is 0. The van der Waals surface area contributed by atoms with Crippen LogP contribution in [-0.4, -0.2) is 24.4 Å². The number of anilines is 2. The zero-order valence-corrected chi connectivity index (χ0v) is 13.1. The average molecular weight is 322 g/mol. The highest BCUT2D eigenvalue weighted by Gasteiger charge is 2.12. The minimum Gasteiger partial charge on any atom is -0.493 e. The number of nitrogens with zero attached hydrogens (tertiary/aromatic N) is 3. The molecule has 0 fully saturated rings. The first kappa shape index (κ1) is 15.4. The molecule has 24 heavy (non-hydrogen) atoms. The lowest BCUT2D eigenvalue weighted by molar-refractivity contribution is 0.355. The number of methoxy groups -OCH3 is 2. The van der Waals surface area contributed by atoms with E-state index in [0.29, 0.717) is 28.6 Å². The first-order valence-corrected chi connectivity index (χ1v) is 7.07. The largest absolute Gasteiger partial charge is 0.493 e. The Balaban J connectivity index is 1.84. The molecule has 0 spiro atoms. The third kappa shape index (κ3) is 3.13. The Morgan fingerprint density at radius 2 is 1.92 bits per heavy atom. The molecule has 3 rings (SSSR count). The van der Waals surface area contributed by atoms with Crippen LogP contribution in [0.5, 0.6) is 11.5 Å². The predicted molar refractivity (Wildman–Crippen MR) is 87.3 cm³/mol. The highest BCUT2D eigenvalue weighted by Crippen LogP contribution is 2.31. The number of aromatic nitrogens is 2. The molecule has 0 atom stereocenters. The van der Waals surface area contributed by atoms with Crippen LogP contribution >= 0.6 is 0 Å². The van der Waals surface area contributed by atoms with E-state index in [2.05, 4.69) is 21.5 Å². The van der Waals surface area contributed by atoms with Crippen molar-refractivity contribution in [3.63, 3.8) is 0 Å². The lowest BCUT2D eigenvalue weighted by Gasteiger charge is -2.07. The van der Waals surface area contributed by atoms with E-state index in [-0.39, 0.29) is 6.01 Å². The molecule has 0 aliphatic carbocycles. The van der Waals surface area contributed by atoms with Crippen molar-refractivity contribution in [2.75, 3.05) is 19.5 Å². The van der Waals surface area contributed by atoms with Gasteiger partial charge in [-0.05, 0) is 36.4 Å². The van der Waals surface area contributed by atoms with E-state index in [0.717, 1.165) is 5.56 Å². The number of hydrogen-bond donors (Lipinski definition) is 1. The Morgan fingerprint density at radius 1 is 1.08 bits per heavy atom. The van der Waals surface area contributed by atoms with Gasteiger partial charge in [-0.2, -0.15) is 10.2 Å². The molecule has 2 aromatic carbocycles. The lowest BCUT2D eigenvalue weighted by Crippen LogP contribution is -1.92. The zero-order chi connectivity index (χ0) is 16.9. The van der Waals surface area contributed by atoms with E-state index in [1.807, 2.05) is 6.07 Å². The van der Waals surface area contributed by atoms with Gasteiger partial charge in [0.15, 0.2) is 11.5 Å². The summed E-state index contributed by atoms with van der Waals surface area (Å²) in [6.45, 7) is 0. The van der Waals surface area contributed by atoms with Gasteiger partial charge in [-0.1, -0.05) is 11.2 Å². The van der Waals surface area contributed by atoms with Crippen LogP contribution in [0.15, 0.2) is 47.0 Å². The van der Waals surface area contributed by atoms with Crippen LogP contribution in [0.3, 0.4) is 0 Å². The summed E-state index contributed by atoms with van der Waals surface area (Å²) in [7, 11) is 3.14. The van der Waals surface area contributed by atoms with E-state index < -0.39 is 0 Å². The number of hydrogen-bond acceptors (Lipinski definition) is 7. The molecule has 1 heterocycles. The second-order valence-corrected chi connectivity index (χ2v) is 4.81. The molecule has 0 saturated carbocycles. The highest BCUT2D eigenvalue weighted by atomic mass is 16.5. The van der Waals surface area contributed by atoms with Gasteiger partial charge in [0.2, 0.25) is 5.82 Å². The summed E-state index contributed by atoms with van der Waals surface area (Å²) >= 11 is 0. The average Bonchev–Trinajstić information content (AvgIpc) is 3.09. The Kier molecular flexibility index (Phi) is 4.29. The zero-order valence-electron chi connectivity index (χ0n) is 13.1. The number of benzene rings is 2. The summed E-state index contributed by atoms with van der Waals surface area (Å²) in [5.74, 6) is 1.61. The van der Waals surface area contributed by atoms with Gasteiger partial charge in [0.1, 0.15) is 0 Å². The molecule has 0 radical (unpaired) electrons. The topological polar surface area (TPSA) is 93.2 Å². The SMILES string of the molecule is COc1ccc(-c2noc(Nc3cccc(C#N)c3)n2)cc1OC. The van der Waals surface area contributed by atoms with Crippen LogP contribution in [0.1, 0.15) is 5.56 Å². The van der Waals surface area contributed by atoms with Gasteiger partial charge in [0.25, 0.3) is 0 Å². The molecule has 1 aromatic heterocycles. The van der Waals surface area contributed by atoms with Gasteiger partial charge in [0, 0.05) is 11.3 Å². The predicted octanol–water partition coefficient (Wildman–Crippen LogP) is 3.37. The smallest absolute Gasteiger partial charge is 0.326 e. The second kappa shape index (κ2) is 6.71. The van der Waals surface area contributed by atoms with Crippen LogP contribution in [0.2, 0.25) is 0 Å². The Morgan fingerprint density at radius 3 is 2.67 bits per heavy atom. The van der Waals surface area contributed by atoms with Crippen molar-refractivity contribution in [2.45, 2.75) is 0 Å². The van der Waals surface area contributed by atoms with Crippen LogP contribution < -0.4 is 14.8 Å². The van der Waals surface area contributed by atoms with Crippen LogP contribution in [0, 0.1) is 11.3 Å². The molecule has 0 aliphatic heterocycles. The first-order valence-electron chi connectivity index (χ1n) is 7.07. The molecule has 0 amide bonds. The fraction of sp³-hybridized carbons (Fsp3) is 0.118. The van der Waals surface area contributed by atoms with Gasteiger partial charge in [-0.15, -0.1) is 0 Å². The summed E-state index contributed by atoms with van der Waals surface area (Å²) in [4.78, 5) is 4.29. The number of nitriles is 1. The quantitative estimate of drug-likeness (QED) is 0.769. The van der Waals surface area contributed by atoms with E-state index in [9.17, 15) is 0 Å². The maximum atomic E-state index is 8.92. The number of ether oxygens (including phenoxy) is 2. The fourth-order valence-corrected chi connectivity index (χ4v) is 2.16. The van der Waals surface area contributed by atoms with Crippen molar-refractivity contribution < 1.29 is 14.0 Å². The van der Waals surface area contributed by atoms with Crippen LogP contribution in [-0.2, 0) is 0 Å². The van der Waals surface area contributed by atoms with E-state index in [1.165, 1.54) is 0 Å². The van der Waals surface area contributed by atoms with E-state index in [1.54, 1.807) is 50.6 Å². The Hall–Kier alpha value is -3.53. The Bertz CT molecular complexity index is 899. The monoisotopic (exact) mass is 322 g/mol. The van der Waals surface area contributed by atoms with Crippen LogP contribution in [0.25, 0.3) is 11.4 Å². The molecule has 1 N–H and O–H groups in total.